The van der Waals surface area contributed by atoms with E-state index in [4.69, 9.17) is 5.11 Å². The number of amides is 2. The van der Waals surface area contributed by atoms with Crippen LogP contribution in [0.15, 0.2) is 30.3 Å². The molecule has 0 saturated heterocycles. The SMILES string of the molecule is O=C(CCNC(=O)c1ccccc1)NCC(O)C(F)(F)F. The van der Waals surface area contributed by atoms with E-state index in [-0.39, 0.29) is 18.9 Å². The van der Waals surface area contributed by atoms with E-state index in [0.29, 0.717) is 5.56 Å². The van der Waals surface area contributed by atoms with Crippen LogP contribution in [0.4, 0.5) is 13.2 Å². The maximum absolute atomic E-state index is 12.0. The Labute approximate surface area is 119 Å². The van der Waals surface area contributed by atoms with Crippen molar-refractivity contribution in [1.29, 1.82) is 0 Å². The standard InChI is InChI=1S/C13H15F3N2O3/c14-13(15,16)10(19)8-18-11(20)6-7-17-12(21)9-4-2-1-3-5-9/h1-5,10,19H,6-8H2,(H,17,21)(H,18,20). The Kier molecular flexibility index (Phi) is 6.16. The van der Waals surface area contributed by atoms with Crippen LogP contribution in [0.3, 0.4) is 0 Å². The summed E-state index contributed by atoms with van der Waals surface area (Å²) in [5, 5.41) is 13.1. The number of carbonyl (C=O) groups is 2. The van der Waals surface area contributed by atoms with Gasteiger partial charge in [-0.05, 0) is 12.1 Å². The lowest BCUT2D eigenvalue weighted by atomic mass is 10.2. The van der Waals surface area contributed by atoms with Gasteiger partial charge in [0.25, 0.3) is 5.91 Å². The number of aliphatic hydroxyl groups is 1. The number of aliphatic hydroxyl groups excluding tert-OH is 1. The van der Waals surface area contributed by atoms with Gasteiger partial charge in [0.05, 0.1) is 6.54 Å². The van der Waals surface area contributed by atoms with Crippen molar-refractivity contribution in [3.63, 3.8) is 0 Å². The second kappa shape index (κ2) is 7.63. The molecule has 0 heterocycles. The van der Waals surface area contributed by atoms with Crippen LogP contribution >= 0.6 is 0 Å². The average molecular weight is 304 g/mol. The molecule has 0 aromatic heterocycles. The van der Waals surface area contributed by atoms with Gasteiger partial charge >= 0.3 is 6.18 Å². The lowest BCUT2D eigenvalue weighted by Crippen LogP contribution is -2.41. The number of rotatable bonds is 6. The zero-order valence-corrected chi connectivity index (χ0v) is 11.0. The lowest BCUT2D eigenvalue weighted by Gasteiger charge is -2.15. The number of hydrogen-bond donors (Lipinski definition) is 3. The maximum atomic E-state index is 12.0. The first-order chi connectivity index (χ1) is 9.80. The first-order valence-corrected chi connectivity index (χ1v) is 6.15. The maximum Gasteiger partial charge on any atom is 0.416 e. The normalized spacial score (nSPS) is 12.6. The Morgan fingerprint density at radius 2 is 1.76 bits per heavy atom. The smallest absolute Gasteiger partial charge is 0.382 e. The van der Waals surface area contributed by atoms with Crippen molar-refractivity contribution in [3.05, 3.63) is 35.9 Å². The van der Waals surface area contributed by atoms with Crippen LogP contribution in [-0.2, 0) is 4.79 Å². The zero-order chi connectivity index (χ0) is 15.9. The molecule has 0 aliphatic carbocycles. The van der Waals surface area contributed by atoms with Crippen LogP contribution in [0, 0.1) is 0 Å². The van der Waals surface area contributed by atoms with Gasteiger partial charge in [-0.25, -0.2) is 0 Å². The van der Waals surface area contributed by atoms with Gasteiger partial charge in [-0.15, -0.1) is 0 Å². The number of nitrogens with one attached hydrogen (secondary N) is 2. The second-order valence-electron chi connectivity index (χ2n) is 4.23. The third-order valence-corrected chi connectivity index (χ3v) is 2.54. The van der Waals surface area contributed by atoms with Gasteiger partial charge in [0.1, 0.15) is 0 Å². The second-order valence-corrected chi connectivity index (χ2v) is 4.23. The van der Waals surface area contributed by atoms with E-state index in [2.05, 4.69) is 5.32 Å². The number of carbonyl (C=O) groups excluding carboxylic acids is 2. The van der Waals surface area contributed by atoms with E-state index in [0.717, 1.165) is 0 Å². The van der Waals surface area contributed by atoms with Gasteiger partial charge in [-0.1, -0.05) is 18.2 Å². The molecule has 0 spiro atoms. The molecule has 21 heavy (non-hydrogen) atoms. The Bertz CT molecular complexity index is 477. The van der Waals surface area contributed by atoms with Crippen LogP contribution in [0.2, 0.25) is 0 Å². The minimum atomic E-state index is -4.77. The fourth-order valence-corrected chi connectivity index (χ4v) is 1.40. The van der Waals surface area contributed by atoms with Crippen molar-refractivity contribution in [1.82, 2.24) is 10.6 Å². The molecular weight excluding hydrogens is 289 g/mol. The highest BCUT2D eigenvalue weighted by Crippen LogP contribution is 2.19. The molecule has 1 rings (SSSR count). The minimum Gasteiger partial charge on any atom is -0.382 e. The van der Waals surface area contributed by atoms with E-state index in [1.807, 2.05) is 5.32 Å². The van der Waals surface area contributed by atoms with E-state index in [1.54, 1.807) is 30.3 Å². The molecule has 1 aromatic rings. The van der Waals surface area contributed by atoms with Gasteiger partial charge in [0.15, 0.2) is 6.10 Å². The van der Waals surface area contributed by atoms with Gasteiger partial charge in [-0.3, -0.25) is 9.59 Å². The molecule has 0 aliphatic rings. The summed E-state index contributed by atoms with van der Waals surface area (Å²) < 4.78 is 36.0. The summed E-state index contributed by atoms with van der Waals surface area (Å²) >= 11 is 0. The molecule has 0 bridgehead atoms. The van der Waals surface area contributed by atoms with Gasteiger partial charge in [-0.2, -0.15) is 13.2 Å². The quantitative estimate of drug-likeness (QED) is 0.729. The topological polar surface area (TPSA) is 78.4 Å². The van der Waals surface area contributed by atoms with Crippen molar-refractivity contribution in [3.8, 4) is 0 Å². The highest BCUT2D eigenvalue weighted by molar-refractivity contribution is 5.94. The first-order valence-electron chi connectivity index (χ1n) is 6.15. The summed E-state index contributed by atoms with van der Waals surface area (Å²) in [6.07, 6.45) is -7.54. The predicted molar refractivity (Wildman–Crippen MR) is 68.5 cm³/mol. The van der Waals surface area contributed by atoms with E-state index >= 15 is 0 Å². The molecule has 5 nitrogen and oxygen atoms in total. The monoisotopic (exact) mass is 304 g/mol. The van der Waals surface area contributed by atoms with Crippen LogP contribution in [0.1, 0.15) is 16.8 Å². The molecule has 0 fully saturated rings. The molecule has 1 aromatic carbocycles. The summed E-state index contributed by atoms with van der Waals surface area (Å²) in [7, 11) is 0. The first kappa shape index (κ1) is 17.0. The van der Waals surface area contributed by atoms with Crippen molar-refractivity contribution in [2.45, 2.75) is 18.7 Å². The molecular formula is C13H15F3N2O3. The van der Waals surface area contributed by atoms with Crippen LogP contribution in [0.25, 0.3) is 0 Å². The van der Waals surface area contributed by atoms with Crippen molar-refractivity contribution >= 4 is 11.8 Å². The highest BCUT2D eigenvalue weighted by Gasteiger charge is 2.38. The molecule has 1 unspecified atom stereocenters. The van der Waals surface area contributed by atoms with Gasteiger partial charge in [0.2, 0.25) is 5.91 Å². The highest BCUT2D eigenvalue weighted by atomic mass is 19.4. The third-order valence-electron chi connectivity index (χ3n) is 2.54. The van der Waals surface area contributed by atoms with Crippen molar-refractivity contribution in [2.75, 3.05) is 13.1 Å². The van der Waals surface area contributed by atoms with Crippen molar-refractivity contribution in [2.24, 2.45) is 0 Å². The number of halogens is 3. The molecule has 116 valence electrons. The third kappa shape index (κ3) is 6.26. The summed E-state index contributed by atoms with van der Waals surface area (Å²) in [5.41, 5.74) is 0.422. The van der Waals surface area contributed by atoms with E-state index in [1.165, 1.54) is 0 Å². The number of alkyl halides is 3. The fraction of sp³-hybridized carbons (Fsp3) is 0.385. The van der Waals surface area contributed by atoms with Crippen LogP contribution in [-0.4, -0.2) is 42.3 Å². The molecule has 1 atom stereocenters. The Morgan fingerprint density at radius 1 is 1.14 bits per heavy atom. The van der Waals surface area contributed by atoms with E-state index in [9.17, 15) is 22.8 Å². The molecule has 2 amide bonds. The Morgan fingerprint density at radius 3 is 2.33 bits per heavy atom. The van der Waals surface area contributed by atoms with Crippen LogP contribution in [0.5, 0.6) is 0 Å². The average Bonchev–Trinajstić information content (AvgIpc) is 2.44. The Hall–Kier alpha value is -2.09. The number of hydrogen-bond acceptors (Lipinski definition) is 3. The lowest BCUT2D eigenvalue weighted by molar-refractivity contribution is -0.201. The summed E-state index contributed by atoms with van der Waals surface area (Å²) in [6.45, 7) is -0.920. The molecule has 3 N–H and O–H groups in total. The number of benzene rings is 1. The van der Waals surface area contributed by atoms with Gasteiger partial charge < -0.3 is 15.7 Å². The largest absolute Gasteiger partial charge is 0.416 e. The molecule has 8 heteroatoms. The zero-order valence-electron chi connectivity index (χ0n) is 11.0. The van der Waals surface area contributed by atoms with Gasteiger partial charge in [0, 0.05) is 18.5 Å². The summed E-state index contributed by atoms with van der Waals surface area (Å²) in [6, 6.07) is 8.29. The molecule has 0 saturated carbocycles. The Balaban J connectivity index is 2.24. The van der Waals surface area contributed by atoms with Crippen LogP contribution < -0.4 is 10.6 Å². The molecule has 0 aliphatic heterocycles. The minimum absolute atomic E-state index is 0.0122. The fourth-order valence-electron chi connectivity index (χ4n) is 1.40. The van der Waals surface area contributed by atoms with E-state index < -0.39 is 24.7 Å². The summed E-state index contributed by atoms with van der Waals surface area (Å²) in [5.74, 6) is -1.06. The van der Waals surface area contributed by atoms with Crippen molar-refractivity contribution < 1.29 is 27.9 Å². The molecule has 0 radical (unpaired) electrons. The summed E-state index contributed by atoms with van der Waals surface area (Å²) in [4.78, 5) is 22.8. The predicted octanol–water partition coefficient (Wildman–Crippen LogP) is 0.846.